The number of aromatic nitrogens is 2. The minimum Gasteiger partial charge on any atom is -0.387 e. The standard InChI is InChI=1S/C17H22N2O12P2/c20-13-7-9-19(17(23)18(13)8-6-11-4-2-1-3-5-11)16-15(22)14(21)12(30-16)10-29-33(27,28)31-32(24,25)26/h1-5,7,9,12,14-16,21-22H,6,8,10H2,(H,27,28)(H2,24,25,26)/t12-,14+,15+,16-/m1/s1. The number of aryl methyl sites for hydroxylation is 1. The maximum atomic E-state index is 12.9. The third kappa shape index (κ3) is 6.55. The molecule has 14 nitrogen and oxygen atoms in total. The van der Waals surface area contributed by atoms with Crippen LogP contribution in [0, 0.1) is 0 Å². The Hall–Kier alpha value is -1.96. The van der Waals surface area contributed by atoms with Crippen LogP contribution in [0.15, 0.2) is 52.2 Å². The average molecular weight is 508 g/mol. The van der Waals surface area contributed by atoms with Crippen LogP contribution in [0.2, 0.25) is 0 Å². The van der Waals surface area contributed by atoms with Crippen molar-refractivity contribution in [1.29, 1.82) is 0 Å². The molecule has 1 aromatic carbocycles. The van der Waals surface area contributed by atoms with Gasteiger partial charge in [-0.05, 0) is 12.0 Å². The Labute approximate surface area is 186 Å². The van der Waals surface area contributed by atoms with Crippen molar-refractivity contribution in [3.05, 3.63) is 69.0 Å². The summed E-state index contributed by atoms with van der Waals surface area (Å²) in [7, 11) is -10.6. The molecule has 2 aromatic rings. The molecule has 1 aromatic heterocycles. The molecule has 0 amide bonds. The molecule has 5 N–H and O–H groups in total. The molecule has 0 spiro atoms. The van der Waals surface area contributed by atoms with E-state index in [0.717, 1.165) is 27.0 Å². The van der Waals surface area contributed by atoms with Gasteiger partial charge < -0.3 is 29.6 Å². The Kier molecular flexibility index (Phi) is 7.87. The topological polar surface area (TPSA) is 207 Å². The third-order valence-corrected chi connectivity index (χ3v) is 6.94. The second-order valence-corrected chi connectivity index (χ2v) is 9.94. The summed E-state index contributed by atoms with van der Waals surface area (Å²) in [6.07, 6.45) is -4.91. The van der Waals surface area contributed by atoms with Crippen LogP contribution in [0.1, 0.15) is 11.8 Å². The van der Waals surface area contributed by atoms with E-state index in [-0.39, 0.29) is 6.54 Å². The van der Waals surface area contributed by atoms with Crippen LogP contribution in [0.25, 0.3) is 0 Å². The van der Waals surface area contributed by atoms with E-state index < -0.39 is 58.0 Å². The lowest BCUT2D eigenvalue weighted by molar-refractivity contribution is -0.0548. The molecule has 1 saturated heterocycles. The van der Waals surface area contributed by atoms with E-state index in [0.29, 0.717) is 6.42 Å². The van der Waals surface area contributed by atoms with Crippen LogP contribution < -0.4 is 11.2 Å². The molecule has 0 bridgehead atoms. The fraction of sp³-hybridized carbons (Fsp3) is 0.412. The number of aliphatic hydroxyl groups is 2. The van der Waals surface area contributed by atoms with Gasteiger partial charge >= 0.3 is 21.3 Å². The van der Waals surface area contributed by atoms with Gasteiger partial charge in [0.1, 0.15) is 18.3 Å². The molecule has 16 heteroatoms. The predicted molar refractivity (Wildman–Crippen MR) is 110 cm³/mol. The van der Waals surface area contributed by atoms with Gasteiger partial charge in [0.15, 0.2) is 6.23 Å². The highest BCUT2D eigenvalue weighted by atomic mass is 31.3. The summed E-state index contributed by atoms with van der Waals surface area (Å²) in [4.78, 5) is 51.6. The van der Waals surface area contributed by atoms with E-state index in [1.807, 2.05) is 30.3 Å². The molecular formula is C17H22N2O12P2. The van der Waals surface area contributed by atoms with Crippen molar-refractivity contribution in [3.63, 3.8) is 0 Å². The monoisotopic (exact) mass is 508 g/mol. The van der Waals surface area contributed by atoms with Crippen LogP contribution in [-0.4, -0.2) is 58.9 Å². The Bertz CT molecular complexity index is 1180. The highest BCUT2D eigenvalue weighted by Gasteiger charge is 2.45. The molecule has 1 unspecified atom stereocenters. The largest absolute Gasteiger partial charge is 0.481 e. The molecule has 2 heterocycles. The van der Waals surface area contributed by atoms with Crippen molar-refractivity contribution < 1.29 is 47.6 Å². The molecule has 0 saturated carbocycles. The van der Waals surface area contributed by atoms with Gasteiger partial charge in [-0.3, -0.25) is 18.5 Å². The van der Waals surface area contributed by atoms with Gasteiger partial charge in [0.05, 0.1) is 6.61 Å². The fourth-order valence-electron chi connectivity index (χ4n) is 3.24. The summed E-state index contributed by atoms with van der Waals surface area (Å²) in [6, 6.07) is 10.2. The number of phosphoric ester groups is 1. The van der Waals surface area contributed by atoms with E-state index in [9.17, 15) is 33.8 Å². The summed E-state index contributed by atoms with van der Waals surface area (Å²) in [5, 5.41) is 20.5. The summed E-state index contributed by atoms with van der Waals surface area (Å²) in [5.74, 6) is 0. The maximum Gasteiger partial charge on any atom is 0.481 e. The summed E-state index contributed by atoms with van der Waals surface area (Å²) < 4.78 is 37.5. The average Bonchev–Trinajstić information content (AvgIpc) is 3.00. The highest BCUT2D eigenvalue weighted by Crippen LogP contribution is 2.57. The lowest BCUT2D eigenvalue weighted by Gasteiger charge is -2.19. The van der Waals surface area contributed by atoms with Crippen molar-refractivity contribution in [2.24, 2.45) is 0 Å². The van der Waals surface area contributed by atoms with Gasteiger partial charge in [-0.2, -0.15) is 4.31 Å². The highest BCUT2D eigenvalue weighted by molar-refractivity contribution is 7.60. The molecule has 182 valence electrons. The van der Waals surface area contributed by atoms with E-state index in [1.165, 1.54) is 0 Å². The van der Waals surface area contributed by atoms with E-state index in [4.69, 9.17) is 14.5 Å². The molecule has 5 atom stereocenters. The van der Waals surface area contributed by atoms with Crippen LogP contribution >= 0.6 is 15.6 Å². The van der Waals surface area contributed by atoms with Crippen LogP contribution in [0.5, 0.6) is 0 Å². The maximum absolute atomic E-state index is 12.9. The normalized spacial score (nSPS) is 25.1. The molecule has 1 fully saturated rings. The first kappa shape index (κ1) is 25.7. The first-order valence-electron chi connectivity index (χ1n) is 9.50. The van der Waals surface area contributed by atoms with Crippen molar-refractivity contribution in [2.75, 3.05) is 6.61 Å². The smallest absolute Gasteiger partial charge is 0.387 e. The number of hydrogen-bond acceptors (Lipinski definition) is 9. The van der Waals surface area contributed by atoms with Gasteiger partial charge in [0, 0.05) is 18.8 Å². The van der Waals surface area contributed by atoms with E-state index in [1.54, 1.807) is 0 Å². The zero-order valence-corrected chi connectivity index (χ0v) is 18.6. The lowest BCUT2D eigenvalue weighted by atomic mass is 10.1. The molecule has 1 aliphatic rings. The number of ether oxygens (including phenoxy) is 1. The predicted octanol–water partition coefficient (Wildman–Crippen LogP) is -0.902. The van der Waals surface area contributed by atoms with Crippen molar-refractivity contribution in [2.45, 2.75) is 37.5 Å². The first-order valence-corrected chi connectivity index (χ1v) is 12.5. The number of aliphatic hydroxyl groups excluding tert-OH is 2. The number of hydrogen-bond donors (Lipinski definition) is 5. The minimum atomic E-state index is -5.35. The van der Waals surface area contributed by atoms with Crippen molar-refractivity contribution in [1.82, 2.24) is 9.13 Å². The molecule has 0 radical (unpaired) electrons. The van der Waals surface area contributed by atoms with Gasteiger partial charge in [-0.1, -0.05) is 30.3 Å². The minimum absolute atomic E-state index is 0.0356. The summed E-state index contributed by atoms with van der Waals surface area (Å²) >= 11 is 0. The number of nitrogens with zero attached hydrogens (tertiary/aromatic N) is 2. The Morgan fingerprint density at radius 2 is 1.67 bits per heavy atom. The molecule has 3 rings (SSSR count). The van der Waals surface area contributed by atoms with Gasteiger partial charge in [0.25, 0.3) is 5.56 Å². The van der Waals surface area contributed by atoms with Crippen LogP contribution in [0.3, 0.4) is 0 Å². The van der Waals surface area contributed by atoms with Gasteiger partial charge in [-0.15, -0.1) is 0 Å². The zero-order valence-electron chi connectivity index (χ0n) is 16.9. The summed E-state index contributed by atoms with van der Waals surface area (Å²) in [6.45, 7) is -0.876. The number of benzene rings is 1. The third-order valence-electron chi connectivity index (χ3n) is 4.79. The second-order valence-electron chi connectivity index (χ2n) is 7.11. The Morgan fingerprint density at radius 3 is 2.30 bits per heavy atom. The van der Waals surface area contributed by atoms with E-state index >= 15 is 0 Å². The SMILES string of the molecule is O=c1ccn([C@@H]2O[C@H](COP(=O)(O)OP(=O)(O)O)[C@H](O)[C@@H]2O)c(=O)n1CCc1ccccc1. The summed E-state index contributed by atoms with van der Waals surface area (Å²) in [5.41, 5.74) is -0.528. The van der Waals surface area contributed by atoms with Crippen LogP contribution in [0.4, 0.5) is 0 Å². The van der Waals surface area contributed by atoms with Crippen molar-refractivity contribution >= 4 is 15.6 Å². The van der Waals surface area contributed by atoms with E-state index in [2.05, 4.69) is 8.83 Å². The second kappa shape index (κ2) is 10.1. The fourth-order valence-corrected chi connectivity index (χ4v) is 4.84. The quantitative estimate of drug-likeness (QED) is 0.261. The number of phosphoric acid groups is 2. The molecule has 0 aliphatic carbocycles. The molecular weight excluding hydrogens is 486 g/mol. The first-order chi connectivity index (χ1) is 15.4. The molecule has 33 heavy (non-hydrogen) atoms. The van der Waals surface area contributed by atoms with Crippen molar-refractivity contribution in [3.8, 4) is 0 Å². The van der Waals surface area contributed by atoms with Gasteiger partial charge in [0.2, 0.25) is 0 Å². The molecule has 1 aliphatic heterocycles. The Morgan fingerprint density at radius 1 is 1.00 bits per heavy atom. The van der Waals surface area contributed by atoms with Crippen LogP contribution in [-0.2, 0) is 35.7 Å². The zero-order chi connectivity index (χ0) is 24.4. The Balaban J connectivity index is 1.75. The van der Waals surface area contributed by atoms with Gasteiger partial charge in [-0.25, -0.2) is 13.9 Å². The number of rotatable bonds is 9. The lowest BCUT2D eigenvalue weighted by Crippen LogP contribution is -2.43.